The van der Waals surface area contributed by atoms with Crippen LogP contribution < -0.4 is 5.32 Å². The van der Waals surface area contributed by atoms with Crippen molar-refractivity contribution in [3.05, 3.63) is 35.3 Å². The van der Waals surface area contributed by atoms with Crippen LogP contribution in [0.4, 0.5) is 11.6 Å². The summed E-state index contributed by atoms with van der Waals surface area (Å²) in [6.07, 6.45) is 1.83. The molecule has 1 N–H and O–H groups in total. The molecular weight excluding hydrogens is 182 g/mol. The van der Waals surface area contributed by atoms with Gasteiger partial charge in [0, 0.05) is 11.6 Å². The van der Waals surface area contributed by atoms with E-state index in [-0.39, 0.29) is 0 Å². The van der Waals surface area contributed by atoms with Gasteiger partial charge in [-0.1, -0.05) is 6.07 Å². The first-order chi connectivity index (χ1) is 6.34. The van der Waals surface area contributed by atoms with Crippen molar-refractivity contribution in [3.63, 3.8) is 0 Å². The number of hydrogen-bond acceptors (Lipinski definition) is 4. The number of aryl methyl sites for hydroxylation is 1. The zero-order chi connectivity index (χ0) is 9.10. The van der Waals surface area contributed by atoms with Gasteiger partial charge in [0.15, 0.2) is 0 Å². The number of aromatic nitrogens is 2. The lowest BCUT2D eigenvalue weighted by molar-refractivity contribution is 1.25. The molecule has 2 aromatic rings. The van der Waals surface area contributed by atoms with Crippen molar-refractivity contribution < 1.29 is 0 Å². The Labute approximate surface area is 80.6 Å². The topological polar surface area (TPSA) is 37.8 Å². The fraction of sp³-hybridized carbons (Fsp3) is 0.111. The molecule has 66 valence electrons. The average Bonchev–Trinajstić information content (AvgIpc) is 2.62. The predicted molar refractivity (Wildman–Crippen MR) is 54.4 cm³/mol. The van der Waals surface area contributed by atoms with Crippen molar-refractivity contribution in [1.29, 1.82) is 0 Å². The molecule has 0 unspecified atom stereocenters. The van der Waals surface area contributed by atoms with Crippen LogP contribution in [0.25, 0.3) is 0 Å². The van der Waals surface area contributed by atoms with Gasteiger partial charge in [0.1, 0.15) is 11.6 Å². The molecule has 0 saturated heterocycles. The van der Waals surface area contributed by atoms with Crippen LogP contribution in [0.1, 0.15) is 5.56 Å². The molecule has 0 radical (unpaired) electrons. The molecule has 0 fully saturated rings. The molecule has 0 aromatic carbocycles. The smallest absolute Gasteiger partial charge is 0.145 e. The second-order valence-corrected chi connectivity index (χ2v) is 3.40. The van der Waals surface area contributed by atoms with Gasteiger partial charge in [-0.3, -0.25) is 0 Å². The van der Waals surface area contributed by atoms with Gasteiger partial charge in [-0.25, -0.2) is 4.98 Å². The van der Waals surface area contributed by atoms with E-state index in [1.807, 2.05) is 36.7 Å². The minimum absolute atomic E-state index is 0.830. The van der Waals surface area contributed by atoms with Crippen LogP contribution >= 0.6 is 11.5 Å². The molecule has 2 rings (SSSR count). The van der Waals surface area contributed by atoms with E-state index in [0.717, 1.165) is 17.2 Å². The van der Waals surface area contributed by atoms with Crippen LogP contribution in [0.5, 0.6) is 0 Å². The molecule has 0 aliphatic heterocycles. The van der Waals surface area contributed by atoms with E-state index in [1.165, 1.54) is 11.5 Å². The van der Waals surface area contributed by atoms with Crippen molar-refractivity contribution in [3.8, 4) is 0 Å². The summed E-state index contributed by atoms with van der Waals surface area (Å²) in [6, 6.07) is 5.88. The van der Waals surface area contributed by atoms with E-state index in [9.17, 15) is 0 Å². The first-order valence-electron chi connectivity index (χ1n) is 3.95. The Balaban J connectivity index is 2.15. The Hall–Kier alpha value is -1.42. The summed E-state index contributed by atoms with van der Waals surface area (Å²) in [5, 5.41) is 5.03. The number of nitrogens with one attached hydrogen (secondary N) is 1. The summed E-state index contributed by atoms with van der Waals surface area (Å²) in [6.45, 7) is 2.01. The minimum atomic E-state index is 0.830. The van der Waals surface area contributed by atoms with Gasteiger partial charge in [0.05, 0.1) is 0 Å². The van der Waals surface area contributed by atoms with Crippen molar-refractivity contribution in [2.24, 2.45) is 0 Å². The van der Waals surface area contributed by atoms with E-state index in [4.69, 9.17) is 0 Å². The molecule has 0 saturated carbocycles. The molecule has 4 heteroatoms. The Kier molecular flexibility index (Phi) is 2.23. The van der Waals surface area contributed by atoms with E-state index >= 15 is 0 Å². The molecule has 0 bridgehead atoms. The maximum atomic E-state index is 4.21. The molecule has 0 amide bonds. The molecule has 0 spiro atoms. The van der Waals surface area contributed by atoms with Crippen LogP contribution in [-0.4, -0.2) is 9.36 Å². The number of pyridine rings is 1. The van der Waals surface area contributed by atoms with Crippen molar-refractivity contribution in [1.82, 2.24) is 9.36 Å². The minimum Gasteiger partial charge on any atom is -0.324 e. The molecule has 0 aliphatic rings. The molecule has 0 aliphatic carbocycles. The Morgan fingerprint density at radius 2 is 2.15 bits per heavy atom. The van der Waals surface area contributed by atoms with E-state index in [2.05, 4.69) is 14.7 Å². The summed E-state index contributed by atoms with van der Waals surface area (Å²) in [4.78, 5) is 4.21. The first kappa shape index (κ1) is 8.19. The summed E-state index contributed by atoms with van der Waals surface area (Å²) >= 11 is 1.42. The fourth-order valence-electron chi connectivity index (χ4n) is 0.950. The van der Waals surface area contributed by atoms with E-state index in [1.54, 1.807) is 0 Å². The van der Waals surface area contributed by atoms with E-state index in [0.29, 0.717) is 0 Å². The lowest BCUT2D eigenvalue weighted by Crippen LogP contribution is -1.92. The fourth-order valence-corrected chi connectivity index (χ4v) is 1.42. The van der Waals surface area contributed by atoms with Crippen LogP contribution in [0.3, 0.4) is 0 Å². The first-order valence-corrected chi connectivity index (χ1v) is 4.78. The molecule has 0 atom stereocenters. The monoisotopic (exact) mass is 191 g/mol. The maximum absolute atomic E-state index is 4.21. The lowest BCUT2D eigenvalue weighted by Gasteiger charge is -2.00. The summed E-state index contributed by atoms with van der Waals surface area (Å²) in [5.41, 5.74) is 1.16. The Morgan fingerprint density at radius 1 is 1.23 bits per heavy atom. The number of anilines is 2. The highest BCUT2D eigenvalue weighted by Crippen LogP contribution is 2.13. The third kappa shape index (κ3) is 2.03. The van der Waals surface area contributed by atoms with Gasteiger partial charge in [0.25, 0.3) is 0 Å². The third-order valence-corrected chi connectivity index (χ3v) is 2.17. The number of hydrogen-bond donors (Lipinski definition) is 1. The van der Waals surface area contributed by atoms with Crippen LogP contribution in [0.2, 0.25) is 0 Å². The second kappa shape index (κ2) is 3.53. The molecule has 2 heterocycles. The Bertz CT molecular complexity index is 366. The SMILES string of the molecule is Cc1ccc(Nc2ccsn2)nc1. The zero-order valence-electron chi connectivity index (χ0n) is 7.19. The normalized spacial score (nSPS) is 9.92. The van der Waals surface area contributed by atoms with E-state index < -0.39 is 0 Å². The molecule has 13 heavy (non-hydrogen) atoms. The third-order valence-electron chi connectivity index (χ3n) is 1.61. The van der Waals surface area contributed by atoms with Gasteiger partial charge < -0.3 is 5.32 Å². The van der Waals surface area contributed by atoms with Crippen LogP contribution in [0.15, 0.2) is 29.8 Å². The number of rotatable bonds is 2. The number of nitrogens with zero attached hydrogens (tertiary/aromatic N) is 2. The van der Waals surface area contributed by atoms with Crippen LogP contribution in [-0.2, 0) is 0 Å². The van der Waals surface area contributed by atoms with Gasteiger partial charge in [0.2, 0.25) is 0 Å². The molecule has 2 aromatic heterocycles. The van der Waals surface area contributed by atoms with Gasteiger partial charge >= 0.3 is 0 Å². The van der Waals surface area contributed by atoms with Crippen LogP contribution in [0, 0.1) is 6.92 Å². The maximum Gasteiger partial charge on any atom is 0.145 e. The lowest BCUT2D eigenvalue weighted by atomic mass is 10.3. The standard InChI is InChI=1S/C9H9N3S/c1-7-2-3-8(10-6-7)11-9-4-5-13-12-9/h2-6H,1H3,(H,10,11,12). The second-order valence-electron chi connectivity index (χ2n) is 2.73. The highest BCUT2D eigenvalue weighted by molar-refractivity contribution is 7.03. The Morgan fingerprint density at radius 3 is 2.77 bits per heavy atom. The van der Waals surface area contributed by atoms with Crippen molar-refractivity contribution in [2.45, 2.75) is 6.92 Å². The quantitative estimate of drug-likeness (QED) is 0.792. The average molecular weight is 191 g/mol. The summed E-state index contributed by atoms with van der Waals surface area (Å²) in [7, 11) is 0. The predicted octanol–water partition coefficient (Wildman–Crippen LogP) is 2.59. The van der Waals surface area contributed by atoms with Gasteiger partial charge in [-0.15, -0.1) is 0 Å². The van der Waals surface area contributed by atoms with Crippen molar-refractivity contribution in [2.75, 3.05) is 5.32 Å². The van der Waals surface area contributed by atoms with Crippen molar-refractivity contribution >= 4 is 23.2 Å². The van der Waals surface area contributed by atoms with Gasteiger partial charge in [-0.2, -0.15) is 4.37 Å². The zero-order valence-corrected chi connectivity index (χ0v) is 8.01. The molecule has 3 nitrogen and oxygen atoms in total. The van der Waals surface area contributed by atoms with Gasteiger partial charge in [-0.05, 0) is 36.2 Å². The highest BCUT2D eigenvalue weighted by Gasteiger charge is 1.95. The highest BCUT2D eigenvalue weighted by atomic mass is 32.1. The molecular formula is C9H9N3S. The largest absolute Gasteiger partial charge is 0.324 e. The summed E-state index contributed by atoms with van der Waals surface area (Å²) < 4.78 is 4.12. The summed E-state index contributed by atoms with van der Waals surface area (Å²) in [5.74, 6) is 1.68.